The van der Waals surface area contributed by atoms with Crippen LogP contribution in [-0.2, 0) is 17.3 Å². The molecule has 0 amide bonds. The topological polar surface area (TPSA) is 39.2 Å². The first-order valence-corrected chi connectivity index (χ1v) is 6.77. The van der Waals surface area contributed by atoms with E-state index < -0.39 is 40.5 Å². The van der Waals surface area contributed by atoms with Crippen LogP contribution >= 0.6 is 11.6 Å². The molecule has 0 aliphatic heterocycles. The highest BCUT2D eigenvalue weighted by atomic mass is 35.5. The molecule has 3 nitrogen and oxygen atoms in total. The number of nitrogens with zero attached hydrogens (tertiary/aromatic N) is 1. The maximum atomic E-state index is 13.1. The number of alkyl halides is 5. The zero-order chi connectivity index (χ0) is 17.1. The van der Waals surface area contributed by atoms with Crippen molar-refractivity contribution < 1.29 is 31.5 Å². The number of esters is 1. The standard InChI is InChI=1S/C13H13ClF5NO2/c1-3-5-6-7(12(21)22-4-2)10(13(17,18)19)20-9(8(6)14)11(15)16/h11H,3-5H2,1-2H3. The average molecular weight is 346 g/mol. The van der Waals surface area contributed by atoms with Gasteiger partial charge in [0.1, 0.15) is 5.69 Å². The van der Waals surface area contributed by atoms with Crippen molar-refractivity contribution in [2.24, 2.45) is 0 Å². The molecule has 1 aromatic heterocycles. The van der Waals surface area contributed by atoms with Gasteiger partial charge in [-0.2, -0.15) is 13.2 Å². The van der Waals surface area contributed by atoms with E-state index in [9.17, 15) is 26.7 Å². The summed E-state index contributed by atoms with van der Waals surface area (Å²) in [6, 6.07) is 0. The highest BCUT2D eigenvalue weighted by Crippen LogP contribution is 2.39. The first-order chi connectivity index (χ1) is 10.1. The van der Waals surface area contributed by atoms with E-state index in [0.717, 1.165) is 0 Å². The minimum atomic E-state index is -5.08. The van der Waals surface area contributed by atoms with Gasteiger partial charge in [0.15, 0.2) is 5.69 Å². The van der Waals surface area contributed by atoms with Crippen molar-refractivity contribution in [3.63, 3.8) is 0 Å². The quantitative estimate of drug-likeness (QED) is 0.567. The Bertz CT molecular complexity index is 560. The van der Waals surface area contributed by atoms with Crippen LogP contribution in [0.1, 0.15) is 54.0 Å². The Hall–Kier alpha value is -1.44. The molecule has 0 aliphatic rings. The summed E-state index contributed by atoms with van der Waals surface area (Å²) in [5.41, 5.74) is -4.11. The number of ether oxygens (including phenoxy) is 1. The van der Waals surface area contributed by atoms with Gasteiger partial charge in [-0.3, -0.25) is 0 Å². The lowest BCUT2D eigenvalue weighted by Crippen LogP contribution is -2.21. The van der Waals surface area contributed by atoms with Crippen molar-refractivity contribution in [3.05, 3.63) is 27.5 Å². The number of pyridine rings is 1. The van der Waals surface area contributed by atoms with Crippen LogP contribution < -0.4 is 0 Å². The number of halogens is 6. The van der Waals surface area contributed by atoms with Gasteiger partial charge in [-0.1, -0.05) is 24.9 Å². The normalized spacial score (nSPS) is 11.9. The molecule has 0 atom stereocenters. The van der Waals surface area contributed by atoms with Gasteiger partial charge in [-0.15, -0.1) is 0 Å². The van der Waals surface area contributed by atoms with Crippen molar-refractivity contribution in [2.75, 3.05) is 6.61 Å². The lowest BCUT2D eigenvalue weighted by atomic mass is 10.00. The molecule has 9 heteroatoms. The van der Waals surface area contributed by atoms with E-state index in [1.165, 1.54) is 6.92 Å². The number of aromatic nitrogens is 1. The van der Waals surface area contributed by atoms with Crippen LogP contribution in [0.15, 0.2) is 0 Å². The van der Waals surface area contributed by atoms with Crippen molar-refractivity contribution >= 4 is 17.6 Å². The molecule has 0 aromatic carbocycles. The third kappa shape index (κ3) is 3.85. The molecule has 0 saturated carbocycles. The Labute approximate surface area is 128 Å². The molecule has 0 saturated heterocycles. The Morgan fingerprint density at radius 1 is 1.32 bits per heavy atom. The zero-order valence-electron chi connectivity index (χ0n) is 11.7. The van der Waals surface area contributed by atoms with Crippen LogP contribution in [0.25, 0.3) is 0 Å². The van der Waals surface area contributed by atoms with Crippen LogP contribution in [0, 0.1) is 0 Å². The van der Waals surface area contributed by atoms with E-state index in [4.69, 9.17) is 11.6 Å². The Morgan fingerprint density at radius 3 is 2.32 bits per heavy atom. The summed E-state index contributed by atoms with van der Waals surface area (Å²) in [6.07, 6.45) is -8.16. The lowest BCUT2D eigenvalue weighted by molar-refractivity contribution is -0.142. The zero-order valence-corrected chi connectivity index (χ0v) is 12.5. The van der Waals surface area contributed by atoms with Gasteiger partial charge in [0.25, 0.3) is 6.43 Å². The van der Waals surface area contributed by atoms with E-state index in [2.05, 4.69) is 9.72 Å². The second-order valence-electron chi connectivity index (χ2n) is 4.28. The van der Waals surface area contributed by atoms with Gasteiger partial charge in [0, 0.05) is 0 Å². The molecule has 0 aliphatic carbocycles. The lowest BCUT2D eigenvalue weighted by Gasteiger charge is -2.18. The average Bonchev–Trinajstić information content (AvgIpc) is 2.39. The highest BCUT2D eigenvalue weighted by molar-refractivity contribution is 6.32. The first kappa shape index (κ1) is 18.6. The fraction of sp³-hybridized carbons (Fsp3) is 0.538. The van der Waals surface area contributed by atoms with Crippen molar-refractivity contribution in [1.82, 2.24) is 4.98 Å². The number of rotatable bonds is 5. The second-order valence-corrected chi connectivity index (χ2v) is 4.66. The summed E-state index contributed by atoms with van der Waals surface area (Å²) in [4.78, 5) is 14.7. The highest BCUT2D eigenvalue weighted by Gasteiger charge is 2.41. The third-order valence-electron chi connectivity index (χ3n) is 2.72. The van der Waals surface area contributed by atoms with Gasteiger partial charge in [-0.25, -0.2) is 18.6 Å². The van der Waals surface area contributed by atoms with Gasteiger partial charge < -0.3 is 4.74 Å². The number of carbonyl (C=O) groups is 1. The summed E-state index contributed by atoms with van der Waals surface area (Å²) < 4.78 is 69.6. The van der Waals surface area contributed by atoms with Crippen LogP contribution in [0.5, 0.6) is 0 Å². The molecular formula is C13H13ClF5NO2. The van der Waals surface area contributed by atoms with E-state index in [-0.39, 0.29) is 18.6 Å². The predicted octanol–water partition coefficient (Wildman–Crippen LogP) is 4.82. The minimum absolute atomic E-state index is 0.0850. The predicted molar refractivity (Wildman–Crippen MR) is 69.2 cm³/mol. The molecule has 0 N–H and O–H groups in total. The molecule has 22 heavy (non-hydrogen) atoms. The molecule has 0 spiro atoms. The third-order valence-corrected chi connectivity index (χ3v) is 3.14. The summed E-state index contributed by atoms with van der Waals surface area (Å²) in [5.74, 6) is -1.28. The maximum Gasteiger partial charge on any atom is 0.434 e. The molecule has 0 fully saturated rings. The van der Waals surface area contributed by atoms with Crippen molar-refractivity contribution in [2.45, 2.75) is 39.3 Å². The van der Waals surface area contributed by atoms with E-state index >= 15 is 0 Å². The van der Waals surface area contributed by atoms with Gasteiger partial charge >= 0.3 is 12.1 Å². The molecule has 124 valence electrons. The first-order valence-electron chi connectivity index (χ1n) is 6.39. The molecule has 1 aromatic rings. The molecule has 0 unspecified atom stereocenters. The molecule has 1 rings (SSSR count). The molecule has 0 bridgehead atoms. The largest absolute Gasteiger partial charge is 0.462 e. The van der Waals surface area contributed by atoms with Crippen LogP contribution in [-0.4, -0.2) is 17.6 Å². The smallest absolute Gasteiger partial charge is 0.434 e. The number of hydrogen-bond acceptors (Lipinski definition) is 3. The van der Waals surface area contributed by atoms with Crippen LogP contribution in [0.2, 0.25) is 5.02 Å². The molecule has 0 radical (unpaired) electrons. The Kier molecular flexibility index (Phi) is 6.10. The summed E-state index contributed by atoms with van der Waals surface area (Å²) in [6.45, 7) is 2.85. The van der Waals surface area contributed by atoms with Crippen LogP contribution in [0.4, 0.5) is 22.0 Å². The summed E-state index contributed by atoms with van der Waals surface area (Å²) in [7, 11) is 0. The number of hydrogen-bond donors (Lipinski definition) is 0. The SMILES string of the molecule is CCCc1c(Cl)c(C(F)F)nc(C(F)(F)F)c1C(=O)OCC. The Morgan fingerprint density at radius 2 is 1.91 bits per heavy atom. The molecular weight excluding hydrogens is 333 g/mol. The van der Waals surface area contributed by atoms with Crippen molar-refractivity contribution in [3.8, 4) is 0 Å². The van der Waals surface area contributed by atoms with Gasteiger partial charge in [-0.05, 0) is 18.9 Å². The maximum absolute atomic E-state index is 13.1. The van der Waals surface area contributed by atoms with Gasteiger partial charge in [0.05, 0.1) is 17.2 Å². The van der Waals surface area contributed by atoms with Crippen molar-refractivity contribution in [1.29, 1.82) is 0 Å². The Balaban J connectivity index is 3.74. The van der Waals surface area contributed by atoms with E-state index in [1.54, 1.807) is 6.92 Å². The minimum Gasteiger partial charge on any atom is -0.462 e. The molecule has 1 heterocycles. The fourth-order valence-corrected chi connectivity index (χ4v) is 2.20. The van der Waals surface area contributed by atoms with E-state index in [0.29, 0.717) is 6.42 Å². The van der Waals surface area contributed by atoms with E-state index in [1.807, 2.05) is 0 Å². The summed E-state index contributed by atoms with van der Waals surface area (Å²) in [5, 5.41) is -0.632. The second kappa shape index (κ2) is 7.21. The number of carbonyl (C=O) groups excluding carboxylic acids is 1. The van der Waals surface area contributed by atoms with Gasteiger partial charge in [0.2, 0.25) is 0 Å². The summed E-state index contributed by atoms with van der Waals surface area (Å²) >= 11 is 5.74. The monoisotopic (exact) mass is 345 g/mol. The van der Waals surface area contributed by atoms with Crippen LogP contribution in [0.3, 0.4) is 0 Å². The fourth-order valence-electron chi connectivity index (χ4n) is 1.89.